The lowest BCUT2D eigenvalue weighted by molar-refractivity contribution is -0.127. The van der Waals surface area contributed by atoms with Gasteiger partial charge in [0.25, 0.3) is 17.6 Å². The van der Waals surface area contributed by atoms with E-state index >= 15 is 0 Å². The number of pyridine rings is 1. The third kappa shape index (κ3) is 4.01. The van der Waals surface area contributed by atoms with Gasteiger partial charge in [0.15, 0.2) is 5.82 Å². The standard InChI is InChI=1S/C24H23N7O4/c1-15-27-14-31(28-15)22-20-19(18(35-2)13-26-22)17(12-25-20)21(32)24(34)30-10-8-29(9-11-30)23(33)16-6-4-3-5-7-16/h3-7,12-14,25H,8-11H2,1-2H3/i1D3,8D2,9D2,10D2,11D2. The minimum absolute atomic E-state index is 0.0348. The Morgan fingerprint density at radius 2 is 1.83 bits per heavy atom. The first kappa shape index (κ1) is 12.8. The summed E-state index contributed by atoms with van der Waals surface area (Å²) in [5, 5.41) is 3.73. The second-order valence-electron chi connectivity index (χ2n) is 7.04. The number of fused-ring (bicyclic) bond motifs is 1. The molecule has 0 unspecified atom stereocenters. The number of rotatable bonds is 5. The van der Waals surface area contributed by atoms with E-state index in [1.165, 1.54) is 37.4 Å². The number of aryl methyl sites for hydroxylation is 1. The van der Waals surface area contributed by atoms with E-state index in [2.05, 4.69) is 20.1 Å². The predicted octanol–water partition coefficient (Wildman–Crippen LogP) is 1.63. The van der Waals surface area contributed by atoms with E-state index in [9.17, 15) is 14.4 Å². The highest BCUT2D eigenvalue weighted by Crippen LogP contribution is 2.31. The first-order valence-electron chi connectivity index (χ1n) is 15.5. The van der Waals surface area contributed by atoms with Gasteiger partial charge < -0.3 is 19.5 Å². The first-order valence-corrected chi connectivity index (χ1v) is 9.96. The van der Waals surface area contributed by atoms with Crippen LogP contribution in [-0.4, -0.2) is 85.2 Å². The van der Waals surface area contributed by atoms with Crippen molar-refractivity contribution in [2.24, 2.45) is 0 Å². The summed E-state index contributed by atoms with van der Waals surface area (Å²) >= 11 is 0. The Hall–Kier alpha value is -4.54. The van der Waals surface area contributed by atoms with Crippen LogP contribution in [0.1, 0.15) is 41.6 Å². The molecule has 0 aliphatic carbocycles. The number of ether oxygens (including phenoxy) is 1. The van der Waals surface area contributed by atoms with E-state index in [1.54, 1.807) is 0 Å². The monoisotopic (exact) mass is 484 g/mol. The molecule has 0 radical (unpaired) electrons. The maximum atomic E-state index is 13.8. The molecule has 1 aromatic carbocycles. The Morgan fingerprint density at radius 3 is 2.51 bits per heavy atom. The van der Waals surface area contributed by atoms with Crippen molar-refractivity contribution in [3.05, 3.63) is 66.0 Å². The summed E-state index contributed by atoms with van der Waals surface area (Å²) in [6.45, 7) is -17.7. The van der Waals surface area contributed by atoms with Gasteiger partial charge in [-0.3, -0.25) is 14.4 Å². The summed E-state index contributed by atoms with van der Waals surface area (Å²) < 4.78 is 96.9. The van der Waals surface area contributed by atoms with Crippen LogP contribution in [0.15, 0.2) is 49.1 Å². The van der Waals surface area contributed by atoms with Gasteiger partial charge >= 0.3 is 0 Å². The molecule has 0 spiro atoms. The maximum absolute atomic E-state index is 13.8. The Bertz CT molecular complexity index is 1840. The average Bonchev–Trinajstić information content (AvgIpc) is 3.64. The van der Waals surface area contributed by atoms with Crippen molar-refractivity contribution in [1.82, 2.24) is 34.5 Å². The Morgan fingerprint density at radius 1 is 1.09 bits per heavy atom. The zero-order valence-electron chi connectivity index (χ0n) is 28.9. The number of piperazine rings is 1. The van der Waals surface area contributed by atoms with Crippen molar-refractivity contribution in [2.45, 2.75) is 6.85 Å². The summed E-state index contributed by atoms with van der Waals surface area (Å²) in [7, 11) is 1.20. The van der Waals surface area contributed by atoms with Gasteiger partial charge in [0.05, 0.1) is 40.7 Å². The molecule has 0 saturated carbocycles. The molecule has 3 aromatic heterocycles. The van der Waals surface area contributed by atoms with E-state index in [0.29, 0.717) is 0 Å². The summed E-state index contributed by atoms with van der Waals surface area (Å²) in [5.74, 6) is -5.72. The van der Waals surface area contributed by atoms with Crippen LogP contribution >= 0.6 is 0 Å². The molecule has 1 fully saturated rings. The summed E-state index contributed by atoms with van der Waals surface area (Å²) in [5.41, 5.74) is -0.856. The zero-order chi connectivity index (χ0) is 34.2. The summed E-state index contributed by atoms with van der Waals surface area (Å²) in [6.07, 6.45) is 3.12. The van der Waals surface area contributed by atoms with E-state index < -0.39 is 66.7 Å². The average molecular weight is 485 g/mol. The smallest absolute Gasteiger partial charge is 0.295 e. The number of hydrogen-bond donors (Lipinski definition) is 1. The number of benzene rings is 1. The second-order valence-corrected chi connectivity index (χ2v) is 7.04. The number of nitrogens with zero attached hydrogens (tertiary/aromatic N) is 6. The van der Waals surface area contributed by atoms with Crippen LogP contribution in [0.4, 0.5) is 0 Å². The van der Waals surface area contributed by atoms with Gasteiger partial charge in [-0.05, 0) is 19.0 Å². The van der Waals surface area contributed by atoms with Crippen LogP contribution in [0.25, 0.3) is 16.7 Å². The fraction of sp³-hybridized carbons (Fsp3) is 0.250. The normalized spacial score (nSPS) is 24.5. The molecule has 1 N–H and O–H groups in total. The number of aromatic nitrogens is 5. The number of nitrogens with one attached hydrogen (secondary N) is 1. The highest BCUT2D eigenvalue weighted by Gasteiger charge is 2.31. The molecule has 178 valence electrons. The van der Waals surface area contributed by atoms with Crippen molar-refractivity contribution >= 4 is 28.5 Å². The fourth-order valence-electron chi connectivity index (χ4n) is 3.36. The molecule has 5 rings (SSSR count). The number of aromatic amines is 1. The number of Topliss-reactive ketones (excluding diaryl/α,β-unsaturated/α-hetero) is 1. The quantitative estimate of drug-likeness (QED) is 0.337. The van der Waals surface area contributed by atoms with Gasteiger partial charge in [0.1, 0.15) is 17.9 Å². The molecule has 4 heterocycles. The molecule has 11 heteroatoms. The largest absolute Gasteiger partial charge is 0.494 e. The third-order valence-corrected chi connectivity index (χ3v) is 5.00. The van der Waals surface area contributed by atoms with Crippen molar-refractivity contribution in [3.8, 4) is 11.6 Å². The summed E-state index contributed by atoms with van der Waals surface area (Å²) in [6, 6.07) is 6.66. The lowest BCUT2D eigenvalue weighted by Crippen LogP contribution is -2.52. The molecular weight excluding hydrogens is 450 g/mol. The first-order chi connectivity index (χ1) is 21.2. The minimum Gasteiger partial charge on any atom is -0.494 e. The Kier molecular flexibility index (Phi) is 3.29. The van der Waals surface area contributed by atoms with Gasteiger partial charge in [0.2, 0.25) is 0 Å². The molecule has 1 saturated heterocycles. The molecule has 4 aromatic rings. The van der Waals surface area contributed by atoms with Crippen molar-refractivity contribution in [2.75, 3.05) is 33.1 Å². The minimum atomic E-state index is -3.81. The number of amides is 2. The fourth-order valence-corrected chi connectivity index (χ4v) is 3.36. The van der Waals surface area contributed by atoms with E-state index in [0.717, 1.165) is 23.4 Å². The van der Waals surface area contributed by atoms with Gasteiger partial charge in [0, 0.05) is 41.9 Å². The molecule has 0 bridgehead atoms. The number of carbonyl (C=O) groups is 3. The number of hydrogen-bond acceptors (Lipinski definition) is 7. The SMILES string of the molecule is [2H]C([2H])([2H])c1ncn(-c2ncc(OC)c3c(C(=O)C(=O)N4C([2H])([2H])C([2H])([2H])N(C(=O)c5ccccc5)C([2H])([2H])C4([2H])[2H])c[nH]c23)n1. The molecule has 1 aliphatic rings. The van der Waals surface area contributed by atoms with Crippen LogP contribution in [0.3, 0.4) is 0 Å². The van der Waals surface area contributed by atoms with E-state index in [1.807, 2.05) is 0 Å². The van der Waals surface area contributed by atoms with Gasteiger partial charge in [-0.25, -0.2) is 14.6 Å². The number of H-pyrrole nitrogens is 1. The molecule has 2 amide bonds. The predicted molar refractivity (Wildman–Crippen MR) is 126 cm³/mol. The van der Waals surface area contributed by atoms with Crippen LogP contribution in [0, 0.1) is 6.85 Å². The van der Waals surface area contributed by atoms with Gasteiger partial charge in [-0.1, -0.05) is 18.2 Å². The topological polar surface area (TPSA) is 126 Å². The van der Waals surface area contributed by atoms with Crippen LogP contribution < -0.4 is 4.74 Å². The molecule has 0 atom stereocenters. The van der Waals surface area contributed by atoms with E-state index in [-0.39, 0.29) is 32.9 Å². The molecule has 11 nitrogen and oxygen atoms in total. The van der Waals surface area contributed by atoms with Crippen LogP contribution in [0.2, 0.25) is 0 Å². The third-order valence-electron chi connectivity index (χ3n) is 5.00. The number of carbonyl (C=O) groups excluding carboxylic acids is 3. The van der Waals surface area contributed by atoms with Crippen LogP contribution in [0.5, 0.6) is 5.75 Å². The van der Waals surface area contributed by atoms with E-state index in [4.69, 9.17) is 19.8 Å². The summed E-state index contributed by atoms with van der Waals surface area (Å²) in [4.78, 5) is 50.6. The highest BCUT2D eigenvalue weighted by atomic mass is 16.5. The Labute approximate surface area is 215 Å². The number of methoxy groups -OCH3 is 1. The maximum Gasteiger partial charge on any atom is 0.295 e. The molecular formula is C24H23N7O4. The Balaban J connectivity index is 1.61. The van der Waals surface area contributed by atoms with Crippen molar-refractivity contribution in [1.29, 1.82) is 0 Å². The second kappa shape index (κ2) is 9.01. The molecule has 1 aliphatic heterocycles. The van der Waals surface area contributed by atoms with Crippen molar-refractivity contribution < 1.29 is 34.2 Å². The lowest BCUT2D eigenvalue weighted by atomic mass is 10.1. The highest BCUT2D eigenvalue weighted by molar-refractivity contribution is 6.45. The van der Waals surface area contributed by atoms with Crippen molar-refractivity contribution in [3.63, 3.8) is 0 Å². The van der Waals surface area contributed by atoms with Crippen LogP contribution in [-0.2, 0) is 4.79 Å². The number of ketones is 1. The molecule has 35 heavy (non-hydrogen) atoms. The zero-order valence-corrected chi connectivity index (χ0v) is 17.9. The lowest BCUT2D eigenvalue weighted by Gasteiger charge is -2.34. The van der Waals surface area contributed by atoms with Gasteiger partial charge in [-0.15, -0.1) is 0 Å². The van der Waals surface area contributed by atoms with Gasteiger partial charge in [-0.2, -0.15) is 5.10 Å².